The van der Waals surface area contributed by atoms with E-state index in [4.69, 9.17) is 4.74 Å². The Morgan fingerprint density at radius 2 is 1.91 bits per heavy atom. The van der Waals surface area contributed by atoms with Crippen LogP contribution in [0.25, 0.3) is 0 Å². The van der Waals surface area contributed by atoms with Crippen molar-refractivity contribution in [3.8, 4) is 0 Å². The molecule has 1 fully saturated rings. The van der Waals surface area contributed by atoms with E-state index >= 15 is 0 Å². The van der Waals surface area contributed by atoms with Gasteiger partial charge in [0, 0.05) is 39.8 Å². The van der Waals surface area contributed by atoms with Crippen LogP contribution in [0.1, 0.15) is 12.8 Å². The van der Waals surface area contributed by atoms with E-state index in [9.17, 15) is 21.6 Å². The van der Waals surface area contributed by atoms with Gasteiger partial charge in [0.05, 0.1) is 6.61 Å². The fraction of sp³-hybridized carbons (Fsp3) is 0.909. The molecule has 1 aliphatic heterocycles. The van der Waals surface area contributed by atoms with Crippen LogP contribution in [-0.4, -0.2) is 70.6 Å². The van der Waals surface area contributed by atoms with E-state index in [0.29, 0.717) is 23.4 Å². The first-order valence-corrected chi connectivity index (χ1v) is 8.19. The van der Waals surface area contributed by atoms with Crippen molar-refractivity contribution in [2.24, 2.45) is 4.99 Å². The third-order valence-electron chi connectivity index (χ3n) is 3.25. The topological polar surface area (TPSA) is 83.0 Å². The molecular formula is C11H22F3IN4O3S. The normalized spacial score (nSPS) is 18.4. The van der Waals surface area contributed by atoms with Crippen molar-refractivity contribution in [3.05, 3.63) is 0 Å². The zero-order valence-electron chi connectivity index (χ0n) is 12.9. The van der Waals surface area contributed by atoms with Gasteiger partial charge in [-0.2, -0.15) is 17.5 Å². The lowest BCUT2D eigenvalue weighted by Crippen LogP contribution is -2.51. The first kappa shape index (κ1) is 22.7. The molecule has 1 rings (SSSR count). The average molecular weight is 474 g/mol. The zero-order valence-corrected chi connectivity index (χ0v) is 16.0. The van der Waals surface area contributed by atoms with Gasteiger partial charge in [-0.15, -0.1) is 24.0 Å². The number of rotatable bonds is 5. The molecule has 2 N–H and O–H groups in total. The van der Waals surface area contributed by atoms with E-state index in [1.807, 2.05) is 0 Å². The summed E-state index contributed by atoms with van der Waals surface area (Å²) < 4.78 is 65.4. The van der Waals surface area contributed by atoms with Crippen LogP contribution in [0.15, 0.2) is 4.99 Å². The van der Waals surface area contributed by atoms with Gasteiger partial charge in [0.2, 0.25) is 0 Å². The molecule has 0 saturated carbocycles. The minimum absolute atomic E-state index is 0. The van der Waals surface area contributed by atoms with Gasteiger partial charge in [-0.3, -0.25) is 4.99 Å². The molecule has 0 aromatic carbocycles. The maximum absolute atomic E-state index is 12.5. The van der Waals surface area contributed by atoms with E-state index in [2.05, 4.69) is 15.6 Å². The summed E-state index contributed by atoms with van der Waals surface area (Å²) in [5.74, 6) is 0.508. The maximum atomic E-state index is 12.5. The maximum Gasteiger partial charge on any atom is 0.511 e. The molecule has 138 valence electrons. The summed E-state index contributed by atoms with van der Waals surface area (Å²) in [5.41, 5.74) is -5.25. The lowest BCUT2D eigenvalue weighted by molar-refractivity contribution is -0.0494. The van der Waals surface area contributed by atoms with Crippen molar-refractivity contribution >= 4 is 40.0 Å². The van der Waals surface area contributed by atoms with Crippen LogP contribution in [0.2, 0.25) is 0 Å². The highest BCUT2D eigenvalue weighted by atomic mass is 127. The second-order valence-corrected chi connectivity index (χ2v) is 6.69. The lowest BCUT2D eigenvalue weighted by Gasteiger charge is -2.32. The molecule has 0 amide bonds. The average Bonchev–Trinajstić information content (AvgIpc) is 2.45. The van der Waals surface area contributed by atoms with Gasteiger partial charge in [0.15, 0.2) is 5.96 Å². The van der Waals surface area contributed by atoms with Crippen LogP contribution < -0.4 is 10.6 Å². The molecule has 0 spiro atoms. The van der Waals surface area contributed by atoms with E-state index < -0.39 is 15.5 Å². The molecule has 23 heavy (non-hydrogen) atoms. The predicted octanol–water partition coefficient (Wildman–Crippen LogP) is 0.730. The highest BCUT2D eigenvalue weighted by Crippen LogP contribution is 2.28. The van der Waals surface area contributed by atoms with Crippen molar-refractivity contribution in [1.82, 2.24) is 14.9 Å². The van der Waals surface area contributed by atoms with Crippen LogP contribution >= 0.6 is 24.0 Å². The molecule has 0 radical (unpaired) electrons. The van der Waals surface area contributed by atoms with E-state index in [0.717, 1.165) is 0 Å². The number of hydrogen-bond acceptors (Lipinski definition) is 4. The first-order chi connectivity index (χ1) is 10.2. The number of hydrogen-bond donors (Lipinski definition) is 2. The number of halogens is 4. The van der Waals surface area contributed by atoms with Gasteiger partial charge >= 0.3 is 15.5 Å². The Morgan fingerprint density at radius 3 is 2.35 bits per heavy atom. The zero-order chi connectivity index (χ0) is 16.8. The van der Waals surface area contributed by atoms with E-state index in [1.54, 1.807) is 14.2 Å². The Kier molecular flexibility index (Phi) is 9.69. The highest BCUT2D eigenvalue weighted by molar-refractivity contribution is 14.0. The number of guanidine groups is 1. The van der Waals surface area contributed by atoms with E-state index in [-0.39, 0.29) is 55.9 Å². The summed E-state index contributed by atoms with van der Waals surface area (Å²) in [4.78, 5) is 3.99. The Hall–Kier alpha value is -0.340. The minimum Gasteiger partial charge on any atom is -0.383 e. The SMILES string of the molecule is CN=C(NCCOC)NC1CCN(S(=O)(=O)C(F)(F)F)CC1.I. The van der Waals surface area contributed by atoms with Crippen LogP contribution in [0.5, 0.6) is 0 Å². The third-order valence-corrected chi connectivity index (χ3v) is 4.88. The molecule has 1 heterocycles. The second kappa shape index (κ2) is 9.84. The van der Waals surface area contributed by atoms with Gasteiger partial charge in [0.25, 0.3) is 0 Å². The summed E-state index contributed by atoms with van der Waals surface area (Å²) >= 11 is 0. The standard InChI is InChI=1S/C11H21F3N4O3S.HI/c1-15-10(16-5-8-21-2)17-9-3-6-18(7-4-9)22(19,20)11(12,13)14;/h9H,3-8H2,1-2H3,(H2,15,16,17);1H. The van der Waals surface area contributed by atoms with Crippen molar-refractivity contribution < 1.29 is 26.3 Å². The van der Waals surface area contributed by atoms with Crippen LogP contribution in [0.4, 0.5) is 13.2 Å². The number of aliphatic imine (C=N–C) groups is 1. The summed E-state index contributed by atoms with van der Waals surface area (Å²) in [5, 5.41) is 6.04. The molecule has 0 aromatic rings. The number of nitrogens with zero attached hydrogens (tertiary/aromatic N) is 2. The number of piperidine rings is 1. The molecule has 0 aliphatic carbocycles. The van der Waals surface area contributed by atoms with Crippen molar-refractivity contribution in [3.63, 3.8) is 0 Å². The van der Waals surface area contributed by atoms with Crippen molar-refractivity contribution in [2.45, 2.75) is 24.4 Å². The van der Waals surface area contributed by atoms with Gasteiger partial charge in [0.1, 0.15) is 0 Å². The fourth-order valence-corrected chi connectivity index (χ4v) is 3.03. The van der Waals surface area contributed by atoms with Gasteiger partial charge in [-0.1, -0.05) is 0 Å². The van der Waals surface area contributed by atoms with E-state index in [1.165, 1.54) is 0 Å². The molecular weight excluding hydrogens is 452 g/mol. The Bertz CT molecular complexity index is 479. The van der Waals surface area contributed by atoms with Gasteiger partial charge in [-0.05, 0) is 12.8 Å². The molecule has 1 saturated heterocycles. The molecule has 0 atom stereocenters. The smallest absolute Gasteiger partial charge is 0.383 e. The number of ether oxygens (including phenoxy) is 1. The number of alkyl halides is 3. The van der Waals surface area contributed by atoms with Gasteiger partial charge in [-0.25, -0.2) is 8.42 Å². The highest BCUT2D eigenvalue weighted by Gasteiger charge is 2.50. The van der Waals surface area contributed by atoms with Gasteiger partial charge < -0.3 is 15.4 Å². The second-order valence-electron chi connectivity index (χ2n) is 4.76. The molecule has 1 aliphatic rings. The van der Waals surface area contributed by atoms with Crippen molar-refractivity contribution in [1.29, 1.82) is 0 Å². The monoisotopic (exact) mass is 474 g/mol. The molecule has 0 aromatic heterocycles. The third kappa shape index (κ3) is 6.58. The molecule has 12 heteroatoms. The number of methoxy groups -OCH3 is 1. The molecule has 0 bridgehead atoms. The summed E-state index contributed by atoms with van der Waals surface area (Å²) in [6.07, 6.45) is 0.556. The summed E-state index contributed by atoms with van der Waals surface area (Å²) in [7, 11) is -2.09. The lowest BCUT2D eigenvalue weighted by atomic mass is 10.1. The number of sulfonamides is 1. The Balaban J connectivity index is 0.00000484. The minimum atomic E-state index is -5.25. The van der Waals surface area contributed by atoms with Crippen LogP contribution in [-0.2, 0) is 14.8 Å². The largest absolute Gasteiger partial charge is 0.511 e. The molecule has 0 unspecified atom stereocenters. The summed E-state index contributed by atoms with van der Waals surface area (Å²) in [6.45, 7) is 0.684. The fourth-order valence-electron chi connectivity index (χ4n) is 2.05. The molecule has 7 nitrogen and oxygen atoms in total. The quantitative estimate of drug-likeness (QED) is 0.266. The first-order valence-electron chi connectivity index (χ1n) is 6.75. The Morgan fingerprint density at radius 1 is 1.35 bits per heavy atom. The van der Waals surface area contributed by atoms with Crippen molar-refractivity contribution in [2.75, 3.05) is 40.4 Å². The summed E-state index contributed by atoms with van der Waals surface area (Å²) in [6, 6.07) is -0.131. The van der Waals surface area contributed by atoms with Crippen LogP contribution in [0.3, 0.4) is 0 Å². The number of nitrogens with one attached hydrogen (secondary N) is 2. The van der Waals surface area contributed by atoms with Crippen LogP contribution in [0, 0.1) is 0 Å². The Labute approximate surface area is 151 Å². The predicted molar refractivity (Wildman–Crippen MR) is 91.4 cm³/mol.